The molecule has 28 heavy (non-hydrogen) atoms. The highest BCUT2D eigenvalue weighted by atomic mass is 32.2. The molecule has 2 N–H and O–H groups in total. The molecule has 2 aromatic carbocycles. The zero-order valence-corrected chi connectivity index (χ0v) is 15.4. The second-order valence-corrected chi connectivity index (χ2v) is 7.18. The third-order valence-electron chi connectivity index (χ3n) is 4.16. The normalized spacial score (nSPS) is 13.4. The first-order chi connectivity index (χ1) is 13.3. The number of hydrogen-bond acceptors (Lipinski definition) is 5. The predicted octanol–water partition coefficient (Wildman–Crippen LogP) is 5.13. The van der Waals surface area contributed by atoms with Crippen molar-refractivity contribution in [2.75, 3.05) is 10.8 Å². The Morgan fingerprint density at radius 1 is 1.11 bits per heavy atom. The zero-order valence-electron chi connectivity index (χ0n) is 14.5. The van der Waals surface area contributed by atoms with E-state index in [1.807, 2.05) is 18.2 Å². The van der Waals surface area contributed by atoms with Gasteiger partial charge in [0.25, 0.3) is 0 Å². The summed E-state index contributed by atoms with van der Waals surface area (Å²) in [4.78, 5) is 0.997. The van der Waals surface area contributed by atoms with Crippen molar-refractivity contribution in [3.05, 3.63) is 71.3 Å². The Morgan fingerprint density at radius 3 is 2.46 bits per heavy atom. The Kier molecular flexibility index (Phi) is 5.56. The summed E-state index contributed by atoms with van der Waals surface area (Å²) in [7, 11) is 0. The Bertz CT molecular complexity index is 988. The van der Waals surface area contributed by atoms with E-state index < -0.39 is 11.9 Å². The number of benzene rings is 2. The summed E-state index contributed by atoms with van der Waals surface area (Å²) in [5, 5.41) is 23.8. The highest BCUT2D eigenvalue weighted by Crippen LogP contribution is 2.37. The van der Waals surface area contributed by atoms with Crippen LogP contribution in [0.1, 0.15) is 16.7 Å². The fourth-order valence-corrected chi connectivity index (χ4v) is 3.68. The zero-order chi connectivity index (χ0) is 20.3. The van der Waals surface area contributed by atoms with Crippen LogP contribution in [0.4, 0.5) is 18.9 Å². The van der Waals surface area contributed by atoms with Gasteiger partial charge in [-0.15, -0.1) is 0 Å². The maximum absolute atomic E-state index is 12.4. The summed E-state index contributed by atoms with van der Waals surface area (Å²) < 4.78 is 39.2. The van der Waals surface area contributed by atoms with Gasteiger partial charge in [-0.05, 0) is 78.0 Å². The van der Waals surface area contributed by atoms with Crippen molar-refractivity contribution in [2.24, 2.45) is 0 Å². The fraction of sp³-hybridized carbons (Fsp3) is 0.150. The first-order valence-electron chi connectivity index (χ1n) is 8.29. The molecule has 2 aromatic rings. The van der Waals surface area contributed by atoms with Gasteiger partial charge in [-0.1, -0.05) is 6.07 Å². The lowest BCUT2D eigenvalue weighted by atomic mass is 10.0. The number of halogens is 3. The summed E-state index contributed by atoms with van der Waals surface area (Å²) in [6.45, 7) is 0.769. The second-order valence-electron chi connectivity index (χ2n) is 6.08. The van der Waals surface area contributed by atoms with E-state index in [0.717, 1.165) is 35.2 Å². The quantitative estimate of drug-likeness (QED) is 0.539. The van der Waals surface area contributed by atoms with Gasteiger partial charge in [0.2, 0.25) is 0 Å². The SMILES string of the molecule is N#Cc1ccc(SN2CCc3cc(C(=N)/C=C\C(=N)C(F)(F)F)ccc32)cc1. The molecule has 8 heteroatoms. The molecule has 4 nitrogen and oxygen atoms in total. The summed E-state index contributed by atoms with van der Waals surface area (Å²) in [6.07, 6.45) is -2.35. The monoisotopic (exact) mass is 400 g/mol. The van der Waals surface area contributed by atoms with Crippen LogP contribution < -0.4 is 4.31 Å². The molecule has 0 saturated carbocycles. The Balaban J connectivity index is 1.72. The number of nitrogens with zero attached hydrogens (tertiary/aromatic N) is 2. The Labute approximate surface area is 164 Å². The van der Waals surface area contributed by atoms with Crippen molar-refractivity contribution in [3.8, 4) is 6.07 Å². The molecule has 3 rings (SSSR count). The van der Waals surface area contributed by atoms with Gasteiger partial charge < -0.3 is 9.71 Å². The molecule has 142 valence electrons. The average Bonchev–Trinajstić information content (AvgIpc) is 3.07. The number of fused-ring (bicyclic) bond motifs is 1. The number of rotatable bonds is 5. The molecule has 0 amide bonds. The summed E-state index contributed by atoms with van der Waals surface area (Å²) >= 11 is 1.55. The van der Waals surface area contributed by atoms with Crippen LogP contribution in [-0.2, 0) is 6.42 Å². The topological polar surface area (TPSA) is 74.7 Å². The molecule has 0 radical (unpaired) electrons. The highest BCUT2D eigenvalue weighted by Gasteiger charge is 2.32. The van der Waals surface area contributed by atoms with E-state index >= 15 is 0 Å². The van der Waals surface area contributed by atoms with Crippen molar-refractivity contribution in [3.63, 3.8) is 0 Å². The first-order valence-corrected chi connectivity index (χ1v) is 9.06. The van der Waals surface area contributed by atoms with Gasteiger partial charge in [0.15, 0.2) is 0 Å². The van der Waals surface area contributed by atoms with Gasteiger partial charge >= 0.3 is 6.18 Å². The minimum atomic E-state index is -4.71. The van der Waals surface area contributed by atoms with Gasteiger partial charge in [-0.3, -0.25) is 5.41 Å². The van der Waals surface area contributed by atoms with Crippen molar-refractivity contribution in [1.82, 2.24) is 0 Å². The van der Waals surface area contributed by atoms with E-state index in [1.165, 1.54) is 0 Å². The van der Waals surface area contributed by atoms with Crippen molar-refractivity contribution in [1.29, 1.82) is 16.1 Å². The van der Waals surface area contributed by atoms with Crippen LogP contribution in [-0.4, -0.2) is 24.1 Å². The molecule has 0 fully saturated rings. The minimum absolute atomic E-state index is 0.0741. The standard InChI is InChI=1S/C20H15F3N4S/c21-20(22,23)19(26)8-6-17(25)14-3-7-18-15(11-14)9-10-27(18)28-16-4-1-13(12-24)2-5-16/h1-8,11,25-26H,9-10H2/b8-6-,25-17?,26-19?. The number of nitrogens with one attached hydrogen (secondary N) is 2. The molecule has 1 aliphatic heterocycles. The van der Waals surface area contributed by atoms with Gasteiger partial charge in [-0.25, -0.2) is 0 Å². The minimum Gasteiger partial charge on any atom is -0.312 e. The van der Waals surface area contributed by atoms with Crippen LogP contribution in [0.5, 0.6) is 0 Å². The lowest BCUT2D eigenvalue weighted by Gasteiger charge is -2.18. The van der Waals surface area contributed by atoms with Crippen LogP contribution in [0.15, 0.2) is 59.5 Å². The lowest BCUT2D eigenvalue weighted by molar-refractivity contribution is -0.0584. The van der Waals surface area contributed by atoms with E-state index in [-0.39, 0.29) is 5.71 Å². The molecule has 1 aliphatic rings. The van der Waals surface area contributed by atoms with Crippen LogP contribution in [0.2, 0.25) is 0 Å². The van der Waals surface area contributed by atoms with Crippen molar-refractivity contribution >= 4 is 29.1 Å². The number of nitriles is 1. The molecule has 0 saturated heterocycles. The third kappa shape index (κ3) is 4.43. The van der Waals surface area contributed by atoms with Gasteiger partial charge in [0.05, 0.1) is 23.0 Å². The average molecular weight is 400 g/mol. The molecule has 0 unspecified atom stereocenters. The summed E-state index contributed by atoms with van der Waals surface area (Å²) in [5.74, 6) is 0. The number of hydrogen-bond donors (Lipinski definition) is 2. The third-order valence-corrected chi connectivity index (χ3v) is 5.25. The van der Waals surface area contributed by atoms with Gasteiger partial charge in [0, 0.05) is 11.4 Å². The summed E-state index contributed by atoms with van der Waals surface area (Å²) in [6, 6.07) is 14.7. The number of allylic oxidation sites excluding steroid dienone is 2. The molecule has 0 atom stereocenters. The van der Waals surface area contributed by atoms with Gasteiger partial charge in [0.1, 0.15) is 5.71 Å². The molecule has 0 spiro atoms. The Morgan fingerprint density at radius 2 is 1.82 bits per heavy atom. The van der Waals surface area contributed by atoms with E-state index in [9.17, 15) is 13.2 Å². The van der Waals surface area contributed by atoms with Crippen LogP contribution in [0.3, 0.4) is 0 Å². The fourth-order valence-electron chi connectivity index (χ4n) is 2.71. The maximum atomic E-state index is 12.4. The van der Waals surface area contributed by atoms with E-state index in [4.69, 9.17) is 16.1 Å². The molecule has 0 bridgehead atoms. The van der Waals surface area contributed by atoms with E-state index in [1.54, 1.807) is 36.2 Å². The highest BCUT2D eigenvalue weighted by molar-refractivity contribution is 8.00. The number of alkyl halides is 3. The van der Waals surface area contributed by atoms with Crippen LogP contribution in [0, 0.1) is 22.1 Å². The van der Waals surface area contributed by atoms with Crippen molar-refractivity contribution < 1.29 is 13.2 Å². The summed E-state index contributed by atoms with van der Waals surface area (Å²) in [5.41, 5.74) is 1.56. The van der Waals surface area contributed by atoms with Crippen molar-refractivity contribution in [2.45, 2.75) is 17.5 Å². The number of anilines is 1. The molecular weight excluding hydrogens is 385 g/mol. The molecule has 1 heterocycles. The Hall–Kier alpha value is -3.05. The molecule has 0 aromatic heterocycles. The van der Waals surface area contributed by atoms with Gasteiger partial charge in [-0.2, -0.15) is 18.4 Å². The first kappa shape index (κ1) is 19.7. The maximum Gasteiger partial charge on any atom is 0.432 e. The largest absolute Gasteiger partial charge is 0.432 e. The molecular formula is C20H15F3N4S. The van der Waals surface area contributed by atoms with E-state index in [0.29, 0.717) is 17.2 Å². The van der Waals surface area contributed by atoms with Crippen LogP contribution in [0.25, 0.3) is 0 Å². The predicted molar refractivity (Wildman–Crippen MR) is 104 cm³/mol. The molecule has 0 aliphatic carbocycles. The van der Waals surface area contributed by atoms with Crippen LogP contribution >= 0.6 is 11.9 Å². The second kappa shape index (κ2) is 7.90. The lowest BCUT2D eigenvalue weighted by Crippen LogP contribution is -2.19. The van der Waals surface area contributed by atoms with E-state index in [2.05, 4.69) is 10.4 Å². The smallest absolute Gasteiger partial charge is 0.312 e.